The zero-order valence-electron chi connectivity index (χ0n) is 16.4. The summed E-state index contributed by atoms with van der Waals surface area (Å²) in [4.78, 5) is 27.0. The van der Waals surface area contributed by atoms with E-state index in [1.54, 1.807) is 31.4 Å². The first kappa shape index (κ1) is 20.3. The molecule has 0 saturated carbocycles. The second-order valence-electron chi connectivity index (χ2n) is 6.62. The molecule has 29 heavy (non-hydrogen) atoms. The first-order chi connectivity index (χ1) is 14.2. The highest BCUT2D eigenvalue weighted by molar-refractivity contribution is 5.76. The largest absolute Gasteiger partial charge is 0.497 e. The average Bonchev–Trinajstić information content (AvgIpc) is 2.76. The van der Waals surface area contributed by atoms with E-state index in [9.17, 15) is 9.59 Å². The molecule has 0 aliphatic carbocycles. The summed E-state index contributed by atoms with van der Waals surface area (Å²) in [5.41, 5.74) is 1.91. The minimum absolute atomic E-state index is 0.0986. The average molecular weight is 392 g/mol. The maximum atomic E-state index is 12.3. The Morgan fingerprint density at radius 1 is 1.03 bits per heavy atom. The fourth-order valence-corrected chi connectivity index (χ4v) is 2.89. The lowest BCUT2D eigenvalue weighted by atomic mass is 10.1. The minimum atomic E-state index is -0.331. The Bertz CT molecular complexity index is 985. The van der Waals surface area contributed by atoms with Crippen LogP contribution in [0.3, 0.4) is 0 Å². The number of aryl methyl sites for hydroxylation is 2. The number of nitrogens with one attached hydrogen (secondary N) is 2. The Morgan fingerprint density at radius 3 is 2.48 bits per heavy atom. The third-order valence-electron chi connectivity index (χ3n) is 4.52. The number of hydrogen-bond donors (Lipinski definition) is 2. The van der Waals surface area contributed by atoms with Gasteiger partial charge >= 0.3 is 0 Å². The van der Waals surface area contributed by atoms with E-state index < -0.39 is 0 Å². The number of nitrogens with zero attached hydrogens (tertiary/aromatic N) is 2. The van der Waals surface area contributed by atoms with Crippen LogP contribution in [0.25, 0.3) is 11.4 Å². The lowest BCUT2D eigenvalue weighted by Crippen LogP contribution is -2.26. The maximum Gasteiger partial charge on any atom is 0.273 e. The van der Waals surface area contributed by atoms with Crippen molar-refractivity contribution in [2.24, 2.45) is 0 Å². The van der Waals surface area contributed by atoms with Crippen LogP contribution in [0.2, 0.25) is 0 Å². The molecule has 0 radical (unpaired) electrons. The van der Waals surface area contributed by atoms with E-state index in [1.165, 1.54) is 5.56 Å². The molecule has 7 heteroatoms. The number of rotatable bonds is 9. The summed E-state index contributed by atoms with van der Waals surface area (Å²) < 4.78 is 5.11. The molecule has 1 aromatic heterocycles. The molecule has 150 valence electrons. The summed E-state index contributed by atoms with van der Waals surface area (Å²) >= 11 is 0. The van der Waals surface area contributed by atoms with E-state index in [4.69, 9.17) is 4.74 Å². The monoisotopic (exact) mass is 392 g/mol. The van der Waals surface area contributed by atoms with Crippen LogP contribution >= 0.6 is 0 Å². The maximum absolute atomic E-state index is 12.3. The van der Waals surface area contributed by atoms with Crippen LogP contribution in [0.1, 0.15) is 24.1 Å². The van der Waals surface area contributed by atoms with Gasteiger partial charge in [0, 0.05) is 24.9 Å². The van der Waals surface area contributed by atoms with Crippen molar-refractivity contribution in [2.45, 2.75) is 25.7 Å². The standard InChI is InChI=1S/C22H24N4O3/c1-29-18-11-9-17(10-12-18)21-24-22(28)19(25-26-21)13-14-20(27)23-15-5-8-16-6-3-2-4-7-16/h2-4,6-7,9-12H,5,8,13-15H2,1H3,(H,23,27)(H,24,26,28). The molecule has 3 aromatic rings. The van der Waals surface area contributed by atoms with Gasteiger partial charge in [0.15, 0.2) is 5.82 Å². The van der Waals surface area contributed by atoms with Crippen molar-refractivity contribution in [2.75, 3.05) is 13.7 Å². The second kappa shape index (κ2) is 10.2. The van der Waals surface area contributed by atoms with E-state index in [0.29, 0.717) is 12.4 Å². The predicted octanol–water partition coefficient (Wildman–Crippen LogP) is 2.52. The highest BCUT2D eigenvalue weighted by Crippen LogP contribution is 2.17. The smallest absolute Gasteiger partial charge is 0.273 e. The van der Waals surface area contributed by atoms with Crippen molar-refractivity contribution < 1.29 is 9.53 Å². The van der Waals surface area contributed by atoms with E-state index in [-0.39, 0.29) is 30.0 Å². The zero-order valence-corrected chi connectivity index (χ0v) is 16.4. The predicted molar refractivity (Wildman–Crippen MR) is 111 cm³/mol. The van der Waals surface area contributed by atoms with Gasteiger partial charge in [0.1, 0.15) is 11.4 Å². The van der Waals surface area contributed by atoms with Gasteiger partial charge in [-0.25, -0.2) is 0 Å². The second-order valence-corrected chi connectivity index (χ2v) is 6.62. The van der Waals surface area contributed by atoms with Gasteiger partial charge in [0.05, 0.1) is 7.11 Å². The fraction of sp³-hybridized carbons (Fsp3) is 0.273. The van der Waals surface area contributed by atoms with Crippen LogP contribution in [-0.4, -0.2) is 34.7 Å². The number of aromatic amines is 1. The van der Waals surface area contributed by atoms with E-state index in [1.807, 2.05) is 18.2 Å². The molecular weight excluding hydrogens is 368 g/mol. The van der Waals surface area contributed by atoms with Crippen molar-refractivity contribution in [3.8, 4) is 17.1 Å². The summed E-state index contributed by atoms with van der Waals surface area (Å²) in [6.45, 7) is 0.603. The van der Waals surface area contributed by atoms with Gasteiger partial charge in [-0.3, -0.25) is 9.59 Å². The first-order valence-corrected chi connectivity index (χ1v) is 9.56. The highest BCUT2D eigenvalue weighted by Gasteiger charge is 2.09. The molecule has 0 aliphatic rings. The molecule has 0 atom stereocenters. The molecule has 7 nitrogen and oxygen atoms in total. The fourth-order valence-electron chi connectivity index (χ4n) is 2.89. The number of methoxy groups -OCH3 is 1. The Morgan fingerprint density at radius 2 is 1.79 bits per heavy atom. The van der Waals surface area contributed by atoms with Gasteiger partial charge in [-0.1, -0.05) is 30.3 Å². The molecule has 0 spiro atoms. The van der Waals surface area contributed by atoms with Gasteiger partial charge in [-0.2, -0.15) is 0 Å². The van der Waals surface area contributed by atoms with Crippen LogP contribution in [0.4, 0.5) is 0 Å². The van der Waals surface area contributed by atoms with Gasteiger partial charge in [-0.15, -0.1) is 10.2 Å². The van der Waals surface area contributed by atoms with Crippen molar-refractivity contribution in [3.63, 3.8) is 0 Å². The SMILES string of the molecule is COc1ccc(-c2nnc(CCC(=O)NCCCc3ccccc3)c(=O)[nH]2)cc1. The van der Waals surface area contributed by atoms with Crippen molar-refractivity contribution in [1.82, 2.24) is 20.5 Å². The first-order valence-electron chi connectivity index (χ1n) is 9.56. The van der Waals surface area contributed by atoms with Crippen LogP contribution in [0, 0.1) is 0 Å². The number of amides is 1. The van der Waals surface area contributed by atoms with Crippen molar-refractivity contribution >= 4 is 5.91 Å². The number of ether oxygens (including phenoxy) is 1. The summed E-state index contributed by atoms with van der Waals surface area (Å²) in [5, 5.41) is 11.0. The molecule has 1 amide bonds. The number of hydrogen-bond acceptors (Lipinski definition) is 5. The van der Waals surface area contributed by atoms with Crippen molar-refractivity contribution in [1.29, 1.82) is 0 Å². The summed E-state index contributed by atoms with van der Waals surface area (Å²) in [7, 11) is 1.59. The van der Waals surface area contributed by atoms with Crippen LogP contribution in [-0.2, 0) is 17.6 Å². The molecule has 2 N–H and O–H groups in total. The summed E-state index contributed by atoms with van der Waals surface area (Å²) in [6.07, 6.45) is 2.23. The molecule has 2 aromatic carbocycles. The van der Waals surface area contributed by atoms with E-state index in [0.717, 1.165) is 24.2 Å². The third-order valence-corrected chi connectivity index (χ3v) is 4.52. The topological polar surface area (TPSA) is 97.0 Å². The van der Waals surface area contributed by atoms with Crippen LogP contribution < -0.4 is 15.6 Å². The highest BCUT2D eigenvalue weighted by atomic mass is 16.5. The lowest BCUT2D eigenvalue weighted by Gasteiger charge is -2.06. The molecule has 0 bridgehead atoms. The normalized spacial score (nSPS) is 10.5. The summed E-state index contributed by atoms with van der Waals surface area (Å²) in [6, 6.07) is 17.3. The zero-order chi connectivity index (χ0) is 20.5. The number of H-pyrrole nitrogens is 1. The van der Waals surface area contributed by atoms with Crippen molar-refractivity contribution in [3.05, 3.63) is 76.2 Å². The van der Waals surface area contributed by atoms with Gasteiger partial charge in [-0.05, 0) is 42.7 Å². The summed E-state index contributed by atoms with van der Waals surface area (Å²) in [5.74, 6) is 1.00. The molecule has 3 rings (SSSR count). The minimum Gasteiger partial charge on any atom is -0.497 e. The molecular formula is C22H24N4O3. The number of carbonyl (C=O) groups excluding carboxylic acids is 1. The van der Waals surface area contributed by atoms with Crippen LogP contribution in [0.5, 0.6) is 5.75 Å². The lowest BCUT2D eigenvalue weighted by molar-refractivity contribution is -0.121. The Labute approximate surface area is 169 Å². The van der Waals surface area contributed by atoms with Crippen LogP contribution in [0.15, 0.2) is 59.4 Å². The quantitative estimate of drug-likeness (QED) is 0.546. The third kappa shape index (κ3) is 6.00. The van der Waals surface area contributed by atoms with E-state index >= 15 is 0 Å². The van der Waals surface area contributed by atoms with Gasteiger partial charge in [0.2, 0.25) is 5.91 Å². The molecule has 1 heterocycles. The van der Waals surface area contributed by atoms with Gasteiger partial charge < -0.3 is 15.0 Å². The van der Waals surface area contributed by atoms with E-state index in [2.05, 4.69) is 32.6 Å². The molecule has 0 aliphatic heterocycles. The van der Waals surface area contributed by atoms with Gasteiger partial charge in [0.25, 0.3) is 5.56 Å². The Balaban J connectivity index is 1.46. The Kier molecular flexibility index (Phi) is 7.10. The number of carbonyl (C=O) groups is 1. The molecule has 0 fully saturated rings. The molecule has 0 saturated heterocycles. The molecule has 0 unspecified atom stereocenters. The Hall–Kier alpha value is -3.48. The number of aromatic nitrogens is 3. The number of benzene rings is 2.